The number of para-hydroxylation sites is 4. The quantitative estimate of drug-likeness (QED) is 0.110. The van der Waals surface area contributed by atoms with E-state index >= 15 is 0 Å². The van der Waals surface area contributed by atoms with Gasteiger partial charge in [0, 0.05) is 38.0 Å². The molecular formula is C66H44N2OSi. The average molecular weight is 927 g/mol. The van der Waals surface area contributed by atoms with Gasteiger partial charge in [-0.2, -0.15) is 0 Å². The Balaban J connectivity index is 1.10. The zero-order valence-corrected chi connectivity index (χ0v) is 37.8. The van der Waals surface area contributed by atoms with Crippen molar-refractivity contribution in [3.05, 3.63) is 266 Å². The van der Waals surface area contributed by atoms with Crippen LogP contribution in [-0.4, -0.2) is 17.2 Å². The lowest BCUT2D eigenvalue weighted by Crippen LogP contribution is -2.74. The molecule has 3 nitrogen and oxygen atoms in total. The van der Waals surface area contributed by atoms with Crippen LogP contribution in [0.5, 0.6) is 0 Å². The van der Waals surface area contributed by atoms with Crippen LogP contribution in [0, 0.1) is 0 Å². The van der Waals surface area contributed by atoms with Gasteiger partial charge in [0.15, 0.2) is 13.7 Å². The van der Waals surface area contributed by atoms with Crippen molar-refractivity contribution >= 4 is 94.4 Å². The van der Waals surface area contributed by atoms with E-state index in [0.717, 1.165) is 20.7 Å². The van der Waals surface area contributed by atoms with E-state index in [-0.39, 0.29) is 54.9 Å². The Morgan fingerprint density at radius 1 is 0.357 bits per heavy atom. The van der Waals surface area contributed by atoms with Gasteiger partial charge in [-0.05, 0) is 104 Å². The molecule has 0 N–H and O–H groups in total. The SMILES string of the molecule is [2H]c1c([2H])c([2H])c(-c2c([2H])c([2H])c3c(c2[2H])c2c([2H])c([2H])c([2H])c([2H])c2n3-c2cccc3c2oc2ccccc23)c(-c2c([2H])c([2H])c3c(c2[2H])c2c([2H])c([2H])c([2H])c([2H])c2n3-c2cccc([Si](c3ccccc3)(c3ccccc3)c3ccccc3)c2)c1[2H]. The molecular weight excluding hydrogens is 865 g/mol. The molecule has 70 heavy (non-hydrogen) atoms. The third-order valence-electron chi connectivity index (χ3n) is 13.3. The number of aromatic nitrogens is 2. The summed E-state index contributed by atoms with van der Waals surface area (Å²) in [4.78, 5) is 0. The topological polar surface area (TPSA) is 23.0 Å². The van der Waals surface area contributed by atoms with E-state index in [1.54, 1.807) is 36.4 Å². The van der Waals surface area contributed by atoms with Crippen LogP contribution in [0.2, 0.25) is 0 Å². The molecule has 0 saturated heterocycles. The van der Waals surface area contributed by atoms with Gasteiger partial charge in [-0.25, -0.2) is 0 Å². The van der Waals surface area contributed by atoms with E-state index in [1.807, 2.05) is 84.9 Å². The number of fused-ring (bicyclic) bond motifs is 9. The van der Waals surface area contributed by atoms with E-state index in [9.17, 15) is 16.4 Å². The first-order valence-corrected chi connectivity index (χ1v) is 24.6. The molecule has 0 aliphatic carbocycles. The van der Waals surface area contributed by atoms with Crippen LogP contribution in [0.15, 0.2) is 271 Å². The van der Waals surface area contributed by atoms with Crippen molar-refractivity contribution < 1.29 is 29.1 Å². The molecule has 0 atom stereocenters. The maximum absolute atomic E-state index is 10.3. The lowest BCUT2D eigenvalue weighted by atomic mass is 9.93. The number of rotatable bonds is 8. The summed E-state index contributed by atoms with van der Waals surface area (Å²) in [5.41, 5.74) is -2.02. The predicted molar refractivity (Wildman–Crippen MR) is 297 cm³/mol. The van der Waals surface area contributed by atoms with Gasteiger partial charge in [0.1, 0.15) is 5.58 Å². The number of nitrogens with zero attached hydrogens (tertiary/aromatic N) is 2. The van der Waals surface area contributed by atoms with Gasteiger partial charge in [0.2, 0.25) is 0 Å². The third-order valence-corrected chi connectivity index (χ3v) is 18.1. The van der Waals surface area contributed by atoms with Crippen molar-refractivity contribution in [2.24, 2.45) is 0 Å². The van der Waals surface area contributed by atoms with Gasteiger partial charge < -0.3 is 13.6 Å². The molecule has 328 valence electrons. The highest BCUT2D eigenvalue weighted by Crippen LogP contribution is 2.42. The van der Waals surface area contributed by atoms with Crippen molar-refractivity contribution in [2.45, 2.75) is 0 Å². The number of hydrogen-bond acceptors (Lipinski definition) is 1. The van der Waals surface area contributed by atoms with Crippen molar-refractivity contribution in [3.8, 4) is 33.6 Å². The minimum absolute atomic E-state index is 0.149. The van der Waals surface area contributed by atoms with Gasteiger partial charge in [-0.3, -0.25) is 0 Å². The fraction of sp³-hybridized carbons (Fsp3) is 0. The smallest absolute Gasteiger partial charge is 0.179 e. The molecule has 0 aliphatic heterocycles. The zero-order valence-electron chi connectivity index (χ0n) is 54.8. The van der Waals surface area contributed by atoms with E-state index in [2.05, 4.69) is 36.4 Å². The first-order chi connectivity index (χ1) is 42.2. The van der Waals surface area contributed by atoms with Crippen LogP contribution >= 0.6 is 0 Å². The Morgan fingerprint density at radius 3 is 1.44 bits per heavy atom. The summed E-state index contributed by atoms with van der Waals surface area (Å²) in [7, 11) is -3.31. The molecule has 0 unspecified atom stereocenters. The molecule has 0 amide bonds. The monoisotopic (exact) mass is 926 g/mol. The molecule has 3 aromatic heterocycles. The maximum Gasteiger partial charge on any atom is 0.179 e. The van der Waals surface area contributed by atoms with Gasteiger partial charge in [-0.1, -0.05) is 206 Å². The Hall–Kier alpha value is -8.96. The number of hydrogen-bond donors (Lipinski definition) is 0. The van der Waals surface area contributed by atoms with Crippen LogP contribution in [0.25, 0.3) is 99.2 Å². The molecule has 11 aromatic carbocycles. The fourth-order valence-electron chi connectivity index (χ4n) is 10.3. The molecule has 14 rings (SSSR count). The summed E-state index contributed by atoms with van der Waals surface area (Å²) in [6, 6.07) is 37.1. The summed E-state index contributed by atoms with van der Waals surface area (Å²) in [5, 5.41) is 4.17. The largest absolute Gasteiger partial charge is 0.454 e. The van der Waals surface area contributed by atoms with E-state index in [0.29, 0.717) is 22.0 Å². The molecule has 0 spiro atoms. The molecule has 0 aliphatic rings. The summed E-state index contributed by atoms with van der Waals surface area (Å²) < 4.78 is 181. The highest BCUT2D eigenvalue weighted by Gasteiger charge is 2.41. The minimum Gasteiger partial charge on any atom is -0.454 e. The fourth-order valence-corrected chi connectivity index (χ4v) is 15.1. The molecule has 0 radical (unpaired) electrons. The second-order valence-electron chi connectivity index (χ2n) is 17.0. The van der Waals surface area contributed by atoms with Crippen LogP contribution in [-0.2, 0) is 0 Å². The maximum atomic E-state index is 10.3. The second-order valence-corrected chi connectivity index (χ2v) is 20.8. The standard InChI is InChI=1S/C66H44N2OSi/c1-4-21-48(22-5-1)70(49-23-6-2-7-24-49,50-25-8-3-9-26-50)51-27-18-20-47(44-51)67-60-34-15-12-30-54(60)58-42-45(38-40-62(58)67)52-28-10-11-29-53(52)46-39-41-63-59(43-46)55-31-13-16-35-61(55)68(63)64-36-19-33-57-56-32-14-17-37-65(56)69-66(57)64/h1-44H/i10D,11D,12D,13D,15D,16D,28D,29D,30D,31D,34D,35D,38D,39D,40D,41D,42D,43D. The summed E-state index contributed by atoms with van der Waals surface area (Å²) in [6.07, 6.45) is 0. The highest BCUT2D eigenvalue weighted by molar-refractivity contribution is 7.19. The second kappa shape index (κ2) is 16.1. The molecule has 4 heteroatoms. The Bertz CT molecular complexity index is 5280. The number of furan rings is 1. The highest BCUT2D eigenvalue weighted by atomic mass is 28.3. The first-order valence-electron chi connectivity index (χ1n) is 31.6. The summed E-state index contributed by atoms with van der Waals surface area (Å²) >= 11 is 0. The van der Waals surface area contributed by atoms with Gasteiger partial charge >= 0.3 is 0 Å². The Morgan fingerprint density at radius 2 is 0.829 bits per heavy atom. The van der Waals surface area contributed by atoms with E-state index in [1.165, 1.54) is 9.13 Å². The first kappa shape index (κ1) is 26.0. The Labute approximate surface area is 431 Å². The van der Waals surface area contributed by atoms with Crippen LogP contribution < -0.4 is 20.7 Å². The van der Waals surface area contributed by atoms with Crippen LogP contribution in [0.1, 0.15) is 24.7 Å². The van der Waals surface area contributed by atoms with Crippen molar-refractivity contribution in [1.82, 2.24) is 9.13 Å². The van der Waals surface area contributed by atoms with E-state index in [4.69, 9.17) is 12.6 Å². The van der Waals surface area contributed by atoms with Crippen molar-refractivity contribution in [1.29, 1.82) is 0 Å². The minimum atomic E-state index is -3.31. The molecule has 3 heterocycles. The van der Waals surface area contributed by atoms with E-state index < -0.39 is 139 Å². The normalized spacial score (nSPS) is 15.6. The number of benzene rings is 11. The van der Waals surface area contributed by atoms with Gasteiger partial charge in [-0.15, -0.1) is 0 Å². The molecule has 0 bridgehead atoms. The van der Waals surface area contributed by atoms with Crippen molar-refractivity contribution in [3.63, 3.8) is 0 Å². The van der Waals surface area contributed by atoms with Crippen LogP contribution in [0.3, 0.4) is 0 Å². The van der Waals surface area contributed by atoms with Gasteiger partial charge in [0.05, 0.1) is 52.4 Å². The lowest BCUT2D eigenvalue weighted by Gasteiger charge is -2.34. The molecule has 14 aromatic rings. The molecule has 0 fully saturated rings. The Kier molecular flexibility index (Phi) is 5.97. The van der Waals surface area contributed by atoms with Gasteiger partial charge in [0.25, 0.3) is 0 Å². The zero-order chi connectivity index (χ0) is 61.8. The summed E-state index contributed by atoms with van der Waals surface area (Å²) in [6.45, 7) is 0. The van der Waals surface area contributed by atoms with Crippen molar-refractivity contribution in [2.75, 3.05) is 0 Å². The van der Waals surface area contributed by atoms with Crippen LogP contribution in [0.4, 0.5) is 0 Å². The molecule has 0 saturated carbocycles. The third kappa shape index (κ3) is 6.07. The lowest BCUT2D eigenvalue weighted by molar-refractivity contribution is 0.666. The summed E-state index contributed by atoms with van der Waals surface area (Å²) in [5.74, 6) is 0. The average Bonchev–Trinajstić information content (AvgIpc) is 1.51. The predicted octanol–water partition coefficient (Wildman–Crippen LogP) is 14.5.